The Labute approximate surface area is 456 Å². The Morgan fingerprint density at radius 1 is 0.284 bits per heavy atom. The van der Waals surface area contributed by atoms with Crippen molar-refractivity contribution in [3.05, 3.63) is 122 Å². The van der Waals surface area contributed by atoms with Crippen molar-refractivity contribution < 1.29 is 28.6 Å². The summed E-state index contributed by atoms with van der Waals surface area (Å²) in [5, 5.41) is 0. The molecule has 0 radical (unpaired) electrons. The van der Waals surface area contributed by atoms with E-state index in [1.165, 1.54) is 83.5 Å². The average Bonchev–Trinajstić information content (AvgIpc) is 3.40. The summed E-state index contributed by atoms with van der Waals surface area (Å²) in [6, 6.07) is 0. The third-order valence-corrected chi connectivity index (χ3v) is 12.7. The molecule has 0 aromatic heterocycles. The number of hydrogen-bond acceptors (Lipinski definition) is 6. The van der Waals surface area contributed by atoms with Crippen LogP contribution in [0.25, 0.3) is 0 Å². The minimum Gasteiger partial charge on any atom is -0.462 e. The van der Waals surface area contributed by atoms with Gasteiger partial charge in [-0.25, -0.2) is 0 Å². The molecule has 0 amide bonds. The molecule has 6 nitrogen and oxygen atoms in total. The van der Waals surface area contributed by atoms with E-state index in [9.17, 15) is 14.4 Å². The Morgan fingerprint density at radius 2 is 0.527 bits per heavy atom. The summed E-state index contributed by atoms with van der Waals surface area (Å²) in [6.07, 6.45) is 84.9. The SMILES string of the molecule is CC/C=C\C/C=C\C/C=C\C/C=C\C/C=C\C/C=C\C/C=C\CCCCCCCC(=O)OCC(COC(=O)CCCCCCCCCC)OC(=O)CCCCCCCC/C=C\C/C=C\C/C=C\CCCCCCC. The molecule has 0 spiro atoms. The van der Waals surface area contributed by atoms with E-state index >= 15 is 0 Å². The second-order valence-corrected chi connectivity index (χ2v) is 19.9. The van der Waals surface area contributed by atoms with E-state index in [0.29, 0.717) is 19.3 Å². The molecule has 0 N–H and O–H groups in total. The van der Waals surface area contributed by atoms with Gasteiger partial charge in [0.05, 0.1) is 0 Å². The second-order valence-electron chi connectivity index (χ2n) is 19.9. The highest BCUT2D eigenvalue weighted by Gasteiger charge is 2.19. The summed E-state index contributed by atoms with van der Waals surface area (Å²) >= 11 is 0. The van der Waals surface area contributed by atoms with Gasteiger partial charge in [0.25, 0.3) is 0 Å². The third kappa shape index (κ3) is 58.7. The van der Waals surface area contributed by atoms with Gasteiger partial charge in [0.2, 0.25) is 0 Å². The minimum atomic E-state index is -0.795. The van der Waals surface area contributed by atoms with Crippen molar-refractivity contribution in [2.24, 2.45) is 0 Å². The zero-order valence-corrected chi connectivity index (χ0v) is 48.1. The Morgan fingerprint density at radius 3 is 0.824 bits per heavy atom. The van der Waals surface area contributed by atoms with Crippen LogP contribution in [0, 0.1) is 0 Å². The number of allylic oxidation sites excluding steroid dienone is 20. The van der Waals surface area contributed by atoms with Crippen molar-refractivity contribution in [2.75, 3.05) is 13.2 Å². The molecule has 0 heterocycles. The molecule has 0 rings (SSSR count). The fourth-order valence-corrected chi connectivity index (χ4v) is 8.13. The standard InChI is InChI=1S/C68H112O6/c1-4-7-10-13-16-19-21-23-25-27-29-31-32-33-34-35-36-38-39-41-43-45-47-49-52-55-58-61-67(70)73-64-65(63-72-66(69)60-57-54-51-18-15-12-9-6-3)74-68(71)62-59-56-53-50-48-46-44-42-40-37-30-28-26-24-22-20-17-14-11-8-5-2/h7,10,16,19,22-25,28-31,33-34,36,38,40-43,65H,4-6,8-9,11-15,17-18,20-21,26-27,32,35,37,39,44-64H2,1-3H3/b10-7-,19-16-,24-22-,25-23-,30-28-,31-29-,34-33-,38-36-,42-40-,43-41-. The van der Waals surface area contributed by atoms with Crippen molar-refractivity contribution in [3.8, 4) is 0 Å². The lowest BCUT2D eigenvalue weighted by atomic mass is 10.1. The molecule has 0 fully saturated rings. The smallest absolute Gasteiger partial charge is 0.306 e. The molecular weight excluding hydrogens is 913 g/mol. The summed E-state index contributed by atoms with van der Waals surface area (Å²) in [4.78, 5) is 38.1. The average molecular weight is 1030 g/mol. The van der Waals surface area contributed by atoms with E-state index in [1.807, 2.05) is 0 Å². The highest BCUT2D eigenvalue weighted by molar-refractivity contribution is 5.71. The summed E-state index contributed by atoms with van der Waals surface area (Å²) in [7, 11) is 0. The van der Waals surface area contributed by atoms with E-state index in [4.69, 9.17) is 14.2 Å². The van der Waals surface area contributed by atoms with Crippen molar-refractivity contribution >= 4 is 17.9 Å². The van der Waals surface area contributed by atoms with Gasteiger partial charge in [0, 0.05) is 19.3 Å². The maximum absolute atomic E-state index is 12.9. The molecule has 0 saturated heterocycles. The molecule has 420 valence electrons. The first-order valence-corrected chi connectivity index (χ1v) is 30.5. The van der Waals surface area contributed by atoms with E-state index in [0.717, 1.165) is 148 Å². The van der Waals surface area contributed by atoms with Gasteiger partial charge in [0.1, 0.15) is 13.2 Å². The number of rotatable bonds is 54. The van der Waals surface area contributed by atoms with E-state index in [2.05, 4.69) is 142 Å². The van der Waals surface area contributed by atoms with Crippen LogP contribution < -0.4 is 0 Å². The van der Waals surface area contributed by atoms with Gasteiger partial charge in [-0.1, -0.05) is 258 Å². The van der Waals surface area contributed by atoms with Crippen LogP contribution in [0.2, 0.25) is 0 Å². The maximum Gasteiger partial charge on any atom is 0.306 e. The summed E-state index contributed by atoms with van der Waals surface area (Å²) in [5.74, 6) is -0.928. The van der Waals surface area contributed by atoms with Crippen LogP contribution >= 0.6 is 0 Å². The summed E-state index contributed by atoms with van der Waals surface area (Å²) in [6.45, 7) is 6.46. The van der Waals surface area contributed by atoms with Crippen molar-refractivity contribution in [2.45, 2.75) is 277 Å². The van der Waals surface area contributed by atoms with Crippen molar-refractivity contribution in [3.63, 3.8) is 0 Å². The first-order chi connectivity index (χ1) is 36.5. The van der Waals surface area contributed by atoms with Crippen LogP contribution in [-0.2, 0) is 28.6 Å². The topological polar surface area (TPSA) is 78.9 Å². The number of esters is 3. The quantitative estimate of drug-likeness (QED) is 0.0261. The fourth-order valence-electron chi connectivity index (χ4n) is 8.13. The number of carbonyl (C=O) groups is 3. The van der Waals surface area contributed by atoms with Gasteiger partial charge in [-0.2, -0.15) is 0 Å². The summed E-state index contributed by atoms with van der Waals surface area (Å²) < 4.78 is 16.8. The second kappa shape index (κ2) is 61.4. The summed E-state index contributed by atoms with van der Waals surface area (Å²) in [5.41, 5.74) is 0. The van der Waals surface area contributed by atoms with Gasteiger partial charge < -0.3 is 14.2 Å². The number of ether oxygens (including phenoxy) is 3. The molecule has 0 aromatic rings. The van der Waals surface area contributed by atoms with Crippen LogP contribution in [0.1, 0.15) is 271 Å². The van der Waals surface area contributed by atoms with Gasteiger partial charge in [-0.15, -0.1) is 0 Å². The van der Waals surface area contributed by atoms with Crippen LogP contribution in [-0.4, -0.2) is 37.2 Å². The minimum absolute atomic E-state index is 0.0912. The molecular formula is C68H112O6. The molecule has 0 aliphatic rings. The normalized spacial score (nSPS) is 13.0. The molecule has 74 heavy (non-hydrogen) atoms. The van der Waals surface area contributed by atoms with E-state index in [1.54, 1.807) is 0 Å². The first kappa shape index (κ1) is 69.8. The third-order valence-electron chi connectivity index (χ3n) is 12.7. The molecule has 0 aliphatic carbocycles. The van der Waals surface area contributed by atoms with Gasteiger partial charge in [0.15, 0.2) is 6.10 Å². The van der Waals surface area contributed by atoms with Crippen LogP contribution in [0.3, 0.4) is 0 Å². The van der Waals surface area contributed by atoms with Crippen molar-refractivity contribution in [1.29, 1.82) is 0 Å². The Balaban J connectivity index is 4.31. The van der Waals surface area contributed by atoms with Gasteiger partial charge in [-0.3, -0.25) is 14.4 Å². The predicted octanol–water partition coefficient (Wildman–Crippen LogP) is 20.8. The van der Waals surface area contributed by atoms with Crippen LogP contribution in [0.15, 0.2) is 122 Å². The lowest BCUT2D eigenvalue weighted by Crippen LogP contribution is -2.30. The molecule has 1 atom stereocenters. The fraction of sp³-hybridized carbons (Fsp3) is 0.662. The molecule has 1 unspecified atom stereocenters. The highest BCUT2D eigenvalue weighted by Crippen LogP contribution is 2.14. The molecule has 0 aliphatic heterocycles. The lowest BCUT2D eigenvalue weighted by molar-refractivity contribution is -0.167. The lowest BCUT2D eigenvalue weighted by Gasteiger charge is -2.18. The number of unbranched alkanes of at least 4 members (excludes halogenated alkanes) is 23. The number of hydrogen-bond donors (Lipinski definition) is 0. The molecule has 6 heteroatoms. The zero-order valence-electron chi connectivity index (χ0n) is 48.1. The Kier molecular flexibility index (Phi) is 57.9. The highest BCUT2D eigenvalue weighted by atomic mass is 16.6. The van der Waals surface area contributed by atoms with E-state index in [-0.39, 0.29) is 31.1 Å². The predicted molar refractivity (Wildman–Crippen MR) is 320 cm³/mol. The van der Waals surface area contributed by atoms with Gasteiger partial charge >= 0.3 is 17.9 Å². The zero-order chi connectivity index (χ0) is 53.6. The molecule has 0 aromatic carbocycles. The van der Waals surface area contributed by atoms with Crippen molar-refractivity contribution in [1.82, 2.24) is 0 Å². The maximum atomic E-state index is 12.9. The molecule has 0 bridgehead atoms. The number of carbonyl (C=O) groups excluding carboxylic acids is 3. The Bertz CT molecular complexity index is 1550. The Hall–Kier alpha value is -4.19. The largest absolute Gasteiger partial charge is 0.462 e. The van der Waals surface area contributed by atoms with Crippen LogP contribution in [0.5, 0.6) is 0 Å². The monoisotopic (exact) mass is 1020 g/mol. The van der Waals surface area contributed by atoms with Gasteiger partial charge in [-0.05, 0) is 116 Å². The first-order valence-electron chi connectivity index (χ1n) is 30.5. The van der Waals surface area contributed by atoms with Crippen LogP contribution in [0.4, 0.5) is 0 Å². The van der Waals surface area contributed by atoms with E-state index < -0.39 is 6.10 Å². The molecule has 0 saturated carbocycles.